The second kappa shape index (κ2) is 4.56. The van der Waals surface area contributed by atoms with Crippen LogP contribution in [0.25, 0.3) is 0 Å². The van der Waals surface area contributed by atoms with Crippen LogP contribution < -0.4 is 0 Å². The Balaban J connectivity index is 3.20. The molecule has 0 amide bonds. The van der Waals surface area contributed by atoms with E-state index in [4.69, 9.17) is 0 Å². The third-order valence-electron chi connectivity index (χ3n) is 0.633. The van der Waals surface area contributed by atoms with Gasteiger partial charge in [-0.3, -0.25) is 0 Å². The Bertz CT molecular complexity index is 61.4. The van der Waals surface area contributed by atoms with E-state index in [1.165, 1.54) is 0 Å². The summed E-state index contributed by atoms with van der Waals surface area (Å²) in [6, 6.07) is 0. The average Bonchev–Trinajstić information content (AvgIpc) is 1.83. The first kappa shape index (κ1) is 7.40. The highest BCUT2D eigenvalue weighted by Gasteiger charge is 2.04. The summed E-state index contributed by atoms with van der Waals surface area (Å²) in [5.74, 6) is 0. The maximum Gasteiger partial charge on any atom is 0.154 e. The average molecular weight is 122 g/mol. The van der Waals surface area contributed by atoms with Crippen LogP contribution in [0, 0.1) is 0 Å². The molecule has 0 N–H and O–H groups in total. The molecule has 0 aromatic rings. The Labute approximate surface area is 47.0 Å². The lowest BCUT2D eigenvalue weighted by atomic mass is 10.4. The minimum atomic E-state index is -0.951. The highest BCUT2D eigenvalue weighted by molar-refractivity contribution is 4.58. The molecule has 0 bridgehead atoms. The molecule has 0 atom stereocenters. The quantitative estimate of drug-likeness (QED) is 0.513. The summed E-state index contributed by atoms with van der Waals surface area (Å²) in [5.41, 5.74) is 0. The van der Waals surface area contributed by atoms with Crippen molar-refractivity contribution >= 4 is 0 Å². The van der Waals surface area contributed by atoms with Crippen molar-refractivity contribution in [3.63, 3.8) is 0 Å². The predicted octanol–water partition coefficient (Wildman–Crippen LogP) is 1.45. The molecule has 0 heterocycles. The van der Waals surface area contributed by atoms with E-state index in [0.29, 0.717) is 0 Å². The van der Waals surface area contributed by atoms with Gasteiger partial charge in [0.05, 0.1) is 6.26 Å². The molecule has 8 heavy (non-hydrogen) atoms. The van der Waals surface area contributed by atoms with Crippen LogP contribution >= 0.6 is 0 Å². The number of alkyl halides is 2. The van der Waals surface area contributed by atoms with Crippen molar-refractivity contribution in [3.05, 3.63) is 12.8 Å². The van der Waals surface area contributed by atoms with E-state index in [9.17, 15) is 8.78 Å². The van der Waals surface area contributed by atoms with Gasteiger partial charge in [0, 0.05) is 0 Å². The Kier molecular flexibility index (Phi) is 4.21. The van der Waals surface area contributed by atoms with E-state index in [0.717, 1.165) is 6.26 Å². The molecule has 3 heteroatoms. The van der Waals surface area contributed by atoms with Gasteiger partial charge in [0.1, 0.15) is 13.3 Å². The molecule has 0 aliphatic rings. The normalized spacial score (nSPS) is 9.38. The fourth-order valence-corrected chi connectivity index (χ4v) is 0.250. The topological polar surface area (TPSA) is 9.23 Å². The second-order valence-electron chi connectivity index (χ2n) is 1.23. The van der Waals surface area contributed by atoms with Gasteiger partial charge in [-0.1, -0.05) is 6.58 Å². The smallest absolute Gasteiger partial charge is 0.154 e. The molecule has 1 nitrogen and oxygen atoms in total. The lowest BCUT2D eigenvalue weighted by Crippen LogP contribution is -2.13. The van der Waals surface area contributed by atoms with Gasteiger partial charge in [0.2, 0.25) is 0 Å². The first-order chi connectivity index (χ1) is 3.85. The Morgan fingerprint density at radius 1 is 1.50 bits per heavy atom. The van der Waals surface area contributed by atoms with Crippen LogP contribution in [-0.2, 0) is 4.74 Å². The van der Waals surface area contributed by atoms with E-state index in [-0.39, 0.29) is 0 Å². The first-order valence-electron chi connectivity index (χ1n) is 2.23. The summed E-state index contributed by atoms with van der Waals surface area (Å²) in [4.78, 5) is 0. The maximum atomic E-state index is 11.4. The van der Waals surface area contributed by atoms with Gasteiger partial charge in [0.25, 0.3) is 0 Å². The van der Waals surface area contributed by atoms with E-state index >= 15 is 0 Å². The highest BCUT2D eigenvalue weighted by Crippen LogP contribution is 1.93. The van der Waals surface area contributed by atoms with E-state index in [1.807, 2.05) is 0 Å². The summed E-state index contributed by atoms with van der Waals surface area (Å²) in [5, 5.41) is 0. The molecule has 0 saturated carbocycles. The van der Waals surface area contributed by atoms with Gasteiger partial charge in [-0.25, -0.2) is 8.78 Å². The van der Waals surface area contributed by atoms with Crippen molar-refractivity contribution < 1.29 is 13.5 Å². The van der Waals surface area contributed by atoms with Gasteiger partial charge >= 0.3 is 0 Å². The van der Waals surface area contributed by atoms with Gasteiger partial charge in [0.15, 0.2) is 6.10 Å². The number of ether oxygens (including phenoxy) is 1. The fraction of sp³-hybridized carbons (Fsp3) is 0.600. The number of hydrogen-bond donors (Lipinski definition) is 0. The van der Waals surface area contributed by atoms with Crippen molar-refractivity contribution in [1.82, 2.24) is 0 Å². The molecule has 48 valence electrons. The Hall–Kier alpha value is -0.600. The zero-order valence-electron chi connectivity index (χ0n) is 4.44. The molecule has 0 rings (SSSR count). The lowest BCUT2D eigenvalue weighted by Gasteiger charge is -2.05. The SMILES string of the molecule is C=COC(CF)CF. The second-order valence-corrected chi connectivity index (χ2v) is 1.23. The van der Waals surface area contributed by atoms with E-state index in [1.54, 1.807) is 0 Å². The van der Waals surface area contributed by atoms with Crippen molar-refractivity contribution in [2.45, 2.75) is 6.10 Å². The number of hydrogen-bond acceptors (Lipinski definition) is 1. The summed E-state index contributed by atoms with van der Waals surface area (Å²) in [6.07, 6.45) is 0.0802. The number of rotatable bonds is 4. The van der Waals surface area contributed by atoms with Gasteiger partial charge in [-0.15, -0.1) is 0 Å². The summed E-state index contributed by atoms with van der Waals surface area (Å²) < 4.78 is 27.2. The molecule has 0 spiro atoms. The summed E-state index contributed by atoms with van der Waals surface area (Å²) >= 11 is 0. The predicted molar refractivity (Wildman–Crippen MR) is 27.0 cm³/mol. The Morgan fingerprint density at radius 2 is 2.00 bits per heavy atom. The molecule has 0 aliphatic heterocycles. The fourth-order valence-electron chi connectivity index (χ4n) is 0.250. The zero-order valence-corrected chi connectivity index (χ0v) is 4.44. The van der Waals surface area contributed by atoms with Gasteiger partial charge < -0.3 is 4.74 Å². The summed E-state index contributed by atoms with van der Waals surface area (Å²) in [7, 11) is 0. The third-order valence-corrected chi connectivity index (χ3v) is 0.633. The van der Waals surface area contributed by atoms with Crippen LogP contribution in [0.1, 0.15) is 0 Å². The third kappa shape index (κ3) is 2.55. The van der Waals surface area contributed by atoms with Crippen molar-refractivity contribution in [2.24, 2.45) is 0 Å². The largest absolute Gasteiger partial charge is 0.493 e. The van der Waals surface area contributed by atoms with Crippen LogP contribution in [-0.4, -0.2) is 19.5 Å². The van der Waals surface area contributed by atoms with Crippen LogP contribution in [0.3, 0.4) is 0 Å². The van der Waals surface area contributed by atoms with Crippen LogP contribution in [0.4, 0.5) is 8.78 Å². The lowest BCUT2D eigenvalue weighted by molar-refractivity contribution is 0.0910. The molecule has 0 unspecified atom stereocenters. The highest BCUT2D eigenvalue weighted by atomic mass is 19.1. The maximum absolute atomic E-state index is 11.4. The standard InChI is InChI=1S/C5H8F2O/c1-2-8-5(3-6)4-7/h2,5H,1,3-4H2. The minimum Gasteiger partial charge on any atom is -0.493 e. The molecule has 0 aromatic carbocycles. The Morgan fingerprint density at radius 3 is 2.12 bits per heavy atom. The van der Waals surface area contributed by atoms with Crippen molar-refractivity contribution in [1.29, 1.82) is 0 Å². The van der Waals surface area contributed by atoms with E-state index < -0.39 is 19.5 Å². The number of halogens is 2. The first-order valence-corrected chi connectivity index (χ1v) is 2.23. The molecule has 0 aromatic heterocycles. The van der Waals surface area contributed by atoms with Gasteiger partial charge in [-0.2, -0.15) is 0 Å². The molecule has 0 radical (unpaired) electrons. The summed E-state index contributed by atoms with van der Waals surface area (Å²) in [6.45, 7) is 1.53. The van der Waals surface area contributed by atoms with Crippen LogP contribution in [0.15, 0.2) is 12.8 Å². The molecular formula is C5H8F2O. The van der Waals surface area contributed by atoms with Crippen molar-refractivity contribution in [3.8, 4) is 0 Å². The molecular weight excluding hydrogens is 114 g/mol. The van der Waals surface area contributed by atoms with Gasteiger partial charge in [-0.05, 0) is 0 Å². The molecule has 0 saturated heterocycles. The molecule has 0 fully saturated rings. The van der Waals surface area contributed by atoms with E-state index in [2.05, 4.69) is 11.3 Å². The minimum absolute atomic E-state index is 0.803. The monoisotopic (exact) mass is 122 g/mol. The zero-order chi connectivity index (χ0) is 6.41. The van der Waals surface area contributed by atoms with Crippen molar-refractivity contribution in [2.75, 3.05) is 13.3 Å². The van der Waals surface area contributed by atoms with Crippen LogP contribution in [0.2, 0.25) is 0 Å². The molecule has 0 aliphatic carbocycles. The van der Waals surface area contributed by atoms with Crippen LogP contribution in [0.5, 0.6) is 0 Å².